The monoisotopic (exact) mass is 527 g/mol. The summed E-state index contributed by atoms with van der Waals surface area (Å²) in [5.41, 5.74) is 3.51. The van der Waals surface area contributed by atoms with Crippen molar-refractivity contribution < 1.29 is 29.1 Å². The Morgan fingerprint density at radius 2 is 1.84 bits per heavy atom. The maximum atomic E-state index is 13.3. The summed E-state index contributed by atoms with van der Waals surface area (Å²) in [6.07, 6.45) is 0. The first kappa shape index (κ1) is 27.9. The second-order valence-corrected chi connectivity index (χ2v) is 10.2. The summed E-state index contributed by atoms with van der Waals surface area (Å²) < 4.78 is 10.5. The molecule has 0 bridgehead atoms. The van der Waals surface area contributed by atoms with Gasteiger partial charge in [-0.25, -0.2) is 15.2 Å². The van der Waals surface area contributed by atoms with E-state index in [1.807, 2.05) is 20.8 Å². The van der Waals surface area contributed by atoms with Gasteiger partial charge in [0.2, 0.25) is 0 Å². The minimum Gasteiger partial charge on any atom is -0.459 e. The number of anilines is 1. The van der Waals surface area contributed by atoms with Crippen LogP contribution in [-0.2, 0) is 21.5 Å². The molecule has 0 aliphatic rings. The van der Waals surface area contributed by atoms with Crippen LogP contribution in [0.25, 0.3) is 0 Å². The van der Waals surface area contributed by atoms with Gasteiger partial charge in [0.25, 0.3) is 11.6 Å². The Morgan fingerprint density at radius 3 is 2.49 bits per heavy atom. The van der Waals surface area contributed by atoms with Gasteiger partial charge in [0, 0.05) is 16.5 Å². The predicted molar refractivity (Wildman–Crippen MR) is 140 cm³/mol. The summed E-state index contributed by atoms with van der Waals surface area (Å²) in [5, 5.41) is 21.9. The van der Waals surface area contributed by atoms with Crippen LogP contribution in [0.3, 0.4) is 0 Å². The first-order valence-electron chi connectivity index (χ1n) is 11.5. The van der Waals surface area contributed by atoms with Crippen molar-refractivity contribution in [3.05, 3.63) is 91.7 Å². The zero-order chi connectivity index (χ0) is 27.0. The summed E-state index contributed by atoms with van der Waals surface area (Å²) in [5.74, 6) is -1.02. The lowest BCUT2D eigenvalue weighted by molar-refractivity contribution is -0.384. The molecule has 10 nitrogen and oxygen atoms in total. The van der Waals surface area contributed by atoms with E-state index in [4.69, 9.17) is 14.6 Å². The van der Waals surface area contributed by atoms with Gasteiger partial charge >= 0.3 is 5.97 Å². The van der Waals surface area contributed by atoms with Gasteiger partial charge in [-0.05, 0) is 41.3 Å². The Morgan fingerprint density at radius 1 is 1.11 bits per heavy atom. The van der Waals surface area contributed by atoms with Gasteiger partial charge in [0.15, 0.2) is 0 Å². The number of hydrazine groups is 1. The number of rotatable bonds is 11. The Bertz CT molecular complexity index is 1240. The average molecular weight is 528 g/mol. The molecular weight excluding hydrogens is 498 g/mol. The number of ether oxygens (including phenoxy) is 2. The van der Waals surface area contributed by atoms with Crippen molar-refractivity contribution in [3.8, 4) is 0 Å². The number of benzene rings is 2. The van der Waals surface area contributed by atoms with E-state index >= 15 is 0 Å². The number of amides is 1. The van der Waals surface area contributed by atoms with Crippen molar-refractivity contribution in [2.24, 2.45) is 0 Å². The van der Waals surface area contributed by atoms with Crippen LogP contribution in [0.2, 0.25) is 0 Å². The zero-order valence-corrected chi connectivity index (χ0v) is 21.6. The SMILES string of the molecule is CC(C)(C)c1ccc(N(NCOCc2ccc(C(=O)OCCO)s2)C(=O)c2ccccc2)c([N+](=O)[O-])c1. The Kier molecular flexibility index (Phi) is 9.48. The molecule has 0 unspecified atom stereocenters. The van der Waals surface area contributed by atoms with E-state index in [2.05, 4.69) is 5.43 Å². The first-order chi connectivity index (χ1) is 17.6. The standard InChI is InChI=1S/C26H29N3O7S/c1-26(2,3)19-9-11-21(22(15-19)29(33)34)28(24(31)18-7-5-4-6-8-18)27-17-35-16-20-10-12-23(37-20)25(32)36-14-13-30/h4-12,15,27,30H,13-14,16-17H2,1-3H3. The van der Waals surface area contributed by atoms with Gasteiger partial charge in [0.1, 0.15) is 23.9 Å². The number of nitrogens with one attached hydrogen (secondary N) is 1. The summed E-state index contributed by atoms with van der Waals surface area (Å²) in [6, 6.07) is 16.5. The summed E-state index contributed by atoms with van der Waals surface area (Å²) >= 11 is 1.18. The van der Waals surface area contributed by atoms with E-state index in [-0.39, 0.29) is 43.3 Å². The number of hydrogen-bond donors (Lipinski definition) is 2. The fourth-order valence-corrected chi connectivity index (χ4v) is 4.18. The zero-order valence-electron chi connectivity index (χ0n) is 20.8. The fraction of sp³-hybridized carbons (Fsp3) is 0.308. The highest BCUT2D eigenvalue weighted by atomic mass is 32.1. The number of esters is 1. The van der Waals surface area contributed by atoms with Gasteiger partial charge in [-0.1, -0.05) is 45.0 Å². The number of nitro groups is 1. The molecule has 0 saturated heterocycles. The number of nitrogens with zero attached hydrogens (tertiary/aromatic N) is 2. The number of nitro benzene ring substituents is 1. The largest absolute Gasteiger partial charge is 0.459 e. The maximum Gasteiger partial charge on any atom is 0.348 e. The quantitative estimate of drug-likeness (QED) is 0.123. The summed E-state index contributed by atoms with van der Waals surface area (Å²) in [7, 11) is 0. The molecule has 11 heteroatoms. The third-order valence-corrected chi connectivity index (χ3v) is 6.30. The van der Waals surface area contributed by atoms with Crippen molar-refractivity contribution >= 4 is 34.6 Å². The van der Waals surface area contributed by atoms with E-state index in [1.54, 1.807) is 54.6 Å². The molecule has 1 heterocycles. The van der Waals surface area contributed by atoms with Crippen molar-refractivity contribution in [1.29, 1.82) is 0 Å². The van der Waals surface area contributed by atoms with Crippen LogP contribution < -0.4 is 10.4 Å². The minimum atomic E-state index is -0.533. The summed E-state index contributed by atoms with van der Waals surface area (Å²) in [6.45, 7) is 5.50. The predicted octanol–water partition coefficient (Wildman–Crippen LogP) is 4.43. The van der Waals surface area contributed by atoms with Crippen LogP contribution in [0.4, 0.5) is 11.4 Å². The molecule has 2 aromatic carbocycles. The molecule has 0 fully saturated rings. The molecule has 0 spiro atoms. The van der Waals surface area contributed by atoms with Crippen LogP contribution in [0.15, 0.2) is 60.7 Å². The lowest BCUT2D eigenvalue weighted by Gasteiger charge is -2.25. The third kappa shape index (κ3) is 7.43. The van der Waals surface area contributed by atoms with Gasteiger partial charge in [-0.3, -0.25) is 14.9 Å². The van der Waals surface area contributed by atoms with Crippen LogP contribution in [0, 0.1) is 10.1 Å². The highest BCUT2D eigenvalue weighted by Gasteiger charge is 2.28. The van der Waals surface area contributed by atoms with Gasteiger partial charge in [-0.2, -0.15) is 0 Å². The van der Waals surface area contributed by atoms with Gasteiger partial charge in [0.05, 0.1) is 18.1 Å². The number of aliphatic hydroxyl groups is 1. The molecule has 1 amide bonds. The molecule has 0 radical (unpaired) electrons. The smallest absolute Gasteiger partial charge is 0.348 e. The van der Waals surface area contributed by atoms with Crippen molar-refractivity contribution in [2.45, 2.75) is 32.8 Å². The molecule has 3 aromatic rings. The molecule has 37 heavy (non-hydrogen) atoms. The van der Waals surface area contributed by atoms with Crippen LogP contribution in [0.5, 0.6) is 0 Å². The number of aliphatic hydroxyl groups excluding tert-OH is 1. The fourth-order valence-electron chi connectivity index (χ4n) is 3.34. The average Bonchev–Trinajstić information content (AvgIpc) is 3.35. The summed E-state index contributed by atoms with van der Waals surface area (Å²) in [4.78, 5) is 37.8. The van der Waals surface area contributed by atoms with E-state index in [0.29, 0.717) is 10.4 Å². The van der Waals surface area contributed by atoms with Crippen molar-refractivity contribution in [2.75, 3.05) is 25.0 Å². The van der Waals surface area contributed by atoms with Crippen molar-refractivity contribution in [1.82, 2.24) is 5.43 Å². The Labute approximate surface area is 218 Å². The molecule has 0 aliphatic heterocycles. The molecule has 0 saturated carbocycles. The molecule has 3 rings (SSSR count). The van der Waals surface area contributed by atoms with E-state index < -0.39 is 16.8 Å². The minimum absolute atomic E-state index is 0.0827. The van der Waals surface area contributed by atoms with Crippen LogP contribution >= 0.6 is 11.3 Å². The first-order valence-corrected chi connectivity index (χ1v) is 12.3. The van der Waals surface area contributed by atoms with E-state index in [1.165, 1.54) is 17.4 Å². The number of thiophene rings is 1. The maximum absolute atomic E-state index is 13.3. The lowest BCUT2D eigenvalue weighted by Crippen LogP contribution is -2.44. The normalized spacial score (nSPS) is 11.2. The molecule has 2 N–H and O–H groups in total. The van der Waals surface area contributed by atoms with Crippen molar-refractivity contribution in [3.63, 3.8) is 0 Å². The Balaban J connectivity index is 1.78. The third-order valence-electron chi connectivity index (χ3n) is 5.26. The molecule has 196 valence electrons. The second kappa shape index (κ2) is 12.5. The molecular formula is C26H29N3O7S. The highest BCUT2D eigenvalue weighted by Crippen LogP contribution is 2.34. The molecule has 0 atom stereocenters. The topological polar surface area (TPSA) is 131 Å². The van der Waals surface area contributed by atoms with Crippen LogP contribution in [-0.4, -0.2) is 41.9 Å². The Hall–Kier alpha value is -3.64. The van der Waals surface area contributed by atoms with Gasteiger partial charge in [-0.15, -0.1) is 11.3 Å². The molecule has 0 aliphatic carbocycles. The lowest BCUT2D eigenvalue weighted by atomic mass is 9.86. The van der Waals surface area contributed by atoms with Gasteiger partial charge < -0.3 is 14.6 Å². The number of hydrogen-bond acceptors (Lipinski definition) is 9. The van der Waals surface area contributed by atoms with Crippen LogP contribution in [0.1, 0.15) is 51.2 Å². The number of carbonyl (C=O) groups is 2. The van der Waals surface area contributed by atoms with E-state index in [9.17, 15) is 19.7 Å². The van der Waals surface area contributed by atoms with E-state index in [0.717, 1.165) is 15.4 Å². The second-order valence-electron chi connectivity index (χ2n) is 8.99. The number of carbonyl (C=O) groups excluding carboxylic acids is 2. The molecule has 1 aromatic heterocycles. The highest BCUT2D eigenvalue weighted by molar-refractivity contribution is 7.13.